The zero-order valence-electron chi connectivity index (χ0n) is 14.2. The summed E-state index contributed by atoms with van der Waals surface area (Å²) in [5, 5.41) is 0. The van der Waals surface area contributed by atoms with Gasteiger partial charge in [0.2, 0.25) is 5.75 Å². The topological polar surface area (TPSA) is 54.0 Å². The van der Waals surface area contributed by atoms with E-state index in [4.69, 9.17) is 18.9 Å². The molecule has 5 heteroatoms. The Hall–Kier alpha value is -2.95. The third kappa shape index (κ3) is 3.51. The second kappa shape index (κ2) is 8.06. The second-order valence-electron chi connectivity index (χ2n) is 4.82. The van der Waals surface area contributed by atoms with Gasteiger partial charge in [0.1, 0.15) is 5.75 Å². The number of carbonyl (C=O) groups excluding carboxylic acids is 1. The summed E-state index contributed by atoms with van der Waals surface area (Å²) in [7, 11) is 6.12. The molecule has 0 aliphatic rings. The Morgan fingerprint density at radius 1 is 0.833 bits per heavy atom. The highest BCUT2D eigenvalue weighted by Crippen LogP contribution is 2.45. The summed E-state index contributed by atoms with van der Waals surface area (Å²) >= 11 is 0. The number of methoxy groups -OCH3 is 4. The van der Waals surface area contributed by atoms with Crippen LogP contribution >= 0.6 is 0 Å². The van der Waals surface area contributed by atoms with E-state index in [0.29, 0.717) is 34.1 Å². The number of allylic oxidation sites excluding steroid dienone is 1. The van der Waals surface area contributed by atoms with Gasteiger partial charge < -0.3 is 18.9 Å². The molecule has 126 valence electrons. The first-order valence-corrected chi connectivity index (χ1v) is 7.30. The third-order valence-electron chi connectivity index (χ3n) is 3.51. The summed E-state index contributed by atoms with van der Waals surface area (Å²) in [6, 6.07) is 10.7. The molecule has 2 aromatic carbocycles. The van der Waals surface area contributed by atoms with E-state index in [0.717, 1.165) is 0 Å². The van der Waals surface area contributed by atoms with E-state index in [9.17, 15) is 4.79 Å². The molecule has 2 aromatic rings. The first-order chi connectivity index (χ1) is 11.7. The lowest BCUT2D eigenvalue weighted by molar-refractivity contribution is 0.104. The minimum absolute atomic E-state index is 0.116. The van der Waals surface area contributed by atoms with Crippen molar-refractivity contribution in [3.63, 3.8) is 0 Å². The highest BCUT2D eigenvalue weighted by atomic mass is 16.5. The van der Waals surface area contributed by atoms with Gasteiger partial charge in [-0.05, 0) is 12.2 Å². The zero-order valence-corrected chi connectivity index (χ0v) is 14.2. The Balaban J connectivity index is 2.48. The molecule has 5 nitrogen and oxygen atoms in total. The fraction of sp³-hybridized carbons (Fsp3) is 0.211. The van der Waals surface area contributed by atoms with Crippen molar-refractivity contribution in [3.05, 3.63) is 53.6 Å². The monoisotopic (exact) mass is 328 g/mol. The lowest BCUT2D eigenvalue weighted by Gasteiger charge is -2.17. The van der Waals surface area contributed by atoms with Gasteiger partial charge in [0.15, 0.2) is 17.3 Å². The van der Waals surface area contributed by atoms with Crippen molar-refractivity contribution < 1.29 is 23.7 Å². The van der Waals surface area contributed by atoms with Crippen LogP contribution in [0, 0.1) is 0 Å². The van der Waals surface area contributed by atoms with Crippen molar-refractivity contribution in [2.45, 2.75) is 0 Å². The quantitative estimate of drug-likeness (QED) is 0.574. The van der Waals surface area contributed by atoms with Crippen LogP contribution in [0.1, 0.15) is 15.9 Å². The predicted octanol–water partition coefficient (Wildman–Crippen LogP) is 3.62. The Morgan fingerprint density at radius 3 is 2.00 bits per heavy atom. The molecule has 0 saturated carbocycles. The summed E-state index contributed by atoms with van der Waals surface area (Å²) in [5.74, 6) is 1.76. The van der Waals surface area contributed by atoms with E-state index >= 15 is 0 Å². The van der Waals surface area contributed by atoms with Crippen LogP contribution in [0.25, 0.3) is 6.08 Å². The van der Waals surface area contributed by atoms with Crippen molar-refractivity contribution in [2.75, 3.05) is 28.4 Å². The van der Waals surface area contributed by atoms with Crippen LogP contribution in [0.2, 0.25) is 0 Å². The smallest absolute Gasteiger partial charge is 0.204 e. The van der Waals surface area contributed by atoms with Crippen LogP contribution in [0.4, 0.5) is 0 Å². The van der Waals surface area contributed by atoms with Gasteiger partial charge in [0.25, 0.3) is 0 Å². The molecule has 0 unspecified atom stereocenters. The first kappa shape index (κ1) is 17.4. The van der Waals surface area contributed by atoms with Crippen molar-refractivity contribution in [1.82, 2.24) is 0 Å². The van der Waals surface area contributed by atoms with Gasteiger partial charge in [-0.15, -0.1) is 0 Å². The molecule has 0 bridgehead atoms. The fourth-order valence-electron chi connectivity index (χ4n) is 2.34. The van der Waals surface area contributed by atoms with Gasteiger partial charge in [-0.2, -0.15) is 0 Å². The Morgan fingerprint density at radius 2 is 1.46 bits per heavy atom. The number of ketones is 1. The van der Waals surface area contributed by atoms with Crippen LogP contribution in [0.3, 0.4) is 0 Å². The zero-order chi connectivity index (χ0) is 17.5. The highest BCUT2D eigenvalue weighted by molar-refractivity contribution is 6.07. The van der Waals surface area contributed by atoms with E-state index in [-0.39, 0.29) is 5.78 Å². The van der Waals surface area contributed by atoms with Crippen LogP contribution in [-0.4, -0.2) is 34.2 Å². The molecule has 0 amide bonds. The predicted molar refractivity (Wildman–Crippen MR) is 92.5 cm³/mol. The molecule has 0 saturated heterocycles. The molecule has 0 aliphatic heterocycles. The fourth-order valence-corrected chi connectivity index (χ4v) is 2.34. The maximum atomic E-state index is 12.3. The molecule has 0 heterocycles. The summed E-state index contributed by atoms with van der Waals surface area (Å²) in [4.78, 5) is 12.3. The molecular formula is C19H20O5. The SMILES string of the molecule is COc1cc(OC)c(OC)c(OC)c1/C=C/C(=O)c1ccccc1. The third-order valence-corrected chi connectivity index (χ3v) is 3.51. The molecule has 0 aromatic heterocycles. The van der Waals surface area contributed by atoms with E-state index < -0.39 is 0 Å². The molecule has 0 N–H and O–H groups in total. The largest absolute Gasteiger partial charge is 0.496 e. The molecule has 0 radical (unpaired) electrons. The van der Waals surface area contributed by atoms with Gasteiger partial charge in [0.05, 0.1) is 34.0 Å². The van der Waals surface area contributed by atoms with Crippen molar-refractivity contribution in [1.29, 1.82) is 0 Å². The first-order valence-electron chi connectivity index (χ1n) is 7.30. The van der Waals surface area contributed by atoms with Crippen molar-refractivity contribution in [2.24, 2.45) is 0 Å². The Labute approximate surface area is 141 Å². The lowest BCUT2D eigenvalue weighted by Crippen LogP contribution is -2.00. The maximum absolute atomic E-state index is 12.3. The summed E-state index contributed by atoms with van der Waals surface area (Å²) in [6.45, 7) is 0. The summed E-state index contributed by atoms with van der Waals surface area (Å²) < 4.78 is 21.5. The van der Waals surface area contributed by atoms with E-state index in [1.54, 1.807) is 24.3 Å². The second-order valence-corrected chi connectivity index (χ2v) is 4.82. The molecular weight excluding hydrogens is 308 g/mol. The van der Waals surface area contributed by atoms with Gasteiger partial charge in [-0.3, -0.25) is 4.79 Å². The van der Waals surface area contributed by atoms with Crippen LogP contribution in [-0.2, 0) is 0 Å². The molecule has 0 fully saturated rings. The van der Waals surface area contributed by atoms with E-state index in [2.05, 4.69) is 0 Å². The van der Waals surface area contributed by atoms with Crippen LogP contribution in [0.15, 0.2) is 42.5 Å². The molecule has 2 rings (SSSR count). The lowest BCUT2D eigenvalue weighted by atomic mass is 10.1. The summed E-state index contributed by atoms with van der Waals surface area (Å²) in [5.41, 5.74) is 1.20. The number of ether oxygens (including phenoxy) is 4. The van der Waals surface area contributed by atoms with Crippen molar-refractivity contribution >= 4 is 11.9 Å². The van der Waals surface area contributed by atoms with E-state index in [1.807, 2.05) is 18.2 Å². The number of carbonyl (C=O) groups is 1. The van der Waals surface area contributed by atoms with Gasteiger partial charge in [-0.1, -0.05) is 30.3 Å². The Bertz CT molecular complexity index is 735. The number of rotatable bonds is 7. The highest BCUT2D eigenvalue weighted by Gasteiger charge is 2.20. The molecule has 0 atom stereocenters. The van der Waals surface area contributed by atoms with E-state index in [1.165, 1.54) is 34.5 Å². The van der Waals surface area contributed by atoms with Crippen LogP contribution in [0.5, 0.6) is 23.0 Å². The minimum atomic E-state index is -0.116. The Kier molecular flexibility index (Phi) is 5.84. The molecule has 0 aliphatic carbocycles. The van der Waals surface area contributed by atoms with Crippen molar-refractivity contribution in [3.8, 4) is 23.0 Å². The number of benzene rings is 2. The molecule has 0 spiro atoms. The summed E-state index contributed by atoms with van der Waals surface area (Å²) in [6.07, 6.45) is 3.12. The number of hydrogen-bond acceptors (Lipinski definition) is 5. The normalized spacial score (nSPS) is 10.5. The minimum Gasteiger partial charge on any atom is -0.496 e. The van der Waals surface area contributed by atoms with Gasteiger partial charge in [0, 0.05) is 11.6 Å². The van der Waals surface area contributed by atoms with Gasteiger partial charge in [-0.25, -0.2) is 0 Å². The average molecular weight is 328 g/mol. The standard InChI is InChI=1S/C19H20O5/c1-21-16-12-17(22-2)19(24-4)18(23-3)14(16)10-11-15(20)13-8-6-5-7-9-13/h5-12H,1-4H3/b11-10+. The maximum Gasteiger partial charge on any atom is 0.204 e. The molecule has 24 heavy (non-hydrogen) atoms. The average Bonchev–Trinajstić information content (AvgIpc) is 2.65. The van der Waals surface area contributed by atoms with Crippen LogP contribution < -0.4 is 18.9 Å². The number of hydrogen-bond donors (Lipinski definition) is 0. The van der Waals surface area contributed by atoms with Gasteiger partial charge >= 0.3 is 0 Å².